The molecule has 0 heterocycles. The Balaban J connectivity index is 2.12. The van der Waals surface area contributed by atoms with Gasteiger partial charge in [0, 0.05) is 24.1 Å². The topological polar surface area (TPSA) is 76.7 Å². The molecule has 0 aliphatic heterocycles. The summed E-state index contributed by atoms with van der Waals surface area (Å²) in [5.41, 5.74) is 0.364. The van der Waals surface area contributed by atoms with Crippen molar-refractivity contribution in [3.63, 3.8) is 0 Å². The molecule has 144 valence electrons. The van der Waals surface area contributed by atoms with Crippen LogP contribution in [0.5, 0.6) is 5.75 Å². The van der Waals surface area contributed by atoms with Gasteiger partial charge >= 0.3 is 0 Å². The third-order valence-electron chi connectivity index (χ3n) is 4.61. The molecule has 3 atom stereocenters. The third-order valence-corrected chi connectivity index (χ3v) is 4.85. The zero-order chi connectivity index (χ0) is 19.3. The highest BCUT2D eigenvalue weighted by Gasteiger charge is 2.35. The molecule has 0 aromatic heterocycles. The number of carbonyl (C=O) groups excluding carboxylic acids is 2. The molecule has 0 radical (unpaired) electrons. The Morgan fingerprint density at radius 3 is 2.58 bits per heavy atom. The molecule has 1 aromatic carbocycles. The monoisotopic (exact) mass is 382 g/mol. The van der Waals surface area contributed by atoms with Crippen molar-refractivity contribution in [3.05, 3.63) is 28.8 Å². The maximum Gasteiger partial charge on any atom is 0.255 e. The largest absolute Gasteiger partial charge is 0.496 e. The fraction of sp³-hybridized carbons (Fsp3) is 0.579. The van der Waals surface area contributed by atoms with Crippen LogP contribution in [0.3, 0.4) is 0 Å². The summed E-state index contributed by atoms with van der Waals surface area (Å²) in [4.78, 5) is 25.1. The molecule has 0 spiro atoms. The van der Waals surface area contributed by atoms with Gasteiger partial charge in [0.25, 0.3) is 5.91 Å². The number of ether oxygens (including phenoxy) is 2. The first-order valence-corrected chi connectivity index (χ1v) is 9.21. The zero-order valence-electron chi connectivity index (χ0n) is 15.7. The van der Waals surface area contributed by atoms with Gasteiger partial charge in [-0.2, -0.15) is 0 Å². The standard InChI is InChI=1S/C19H27ClN2O4/c1-11(2)21-18(23)12-5-7-17(26-4)15(9-12)22-19(24)14-10-13(20)6-8-16(14)25-3/h6,8,10-12,15,17H,5,7,9H2,1-4H3,(H,21,23)(H,22,24)/t12-,15+,17+/m0/s1. The summed E-state index contributed by atoms with van der Waals surface area (Å²) in [5, 5.41) is 6.40. The molecule has 6 nitrogen and oxygen atoms in total. The lowest BCUT2D eigenvalue weighted by atomic mass is 9.82. The van der Waals surface area contributed by atoms with Crippen LogP contribution < -0.4 is 15.4 Å². The van der Waals surface area contributed by atoms with Gasteiger partial charge in [-0.05, 0) is 51.3 Å². The second-order valence-electron chi connectivity index (χ2n) is 6.87. The summed E-state index contributed by atoms with van der Waals surface area (Å²) in [5.74, 6) is 0.0385. The van der Waals surface area contributed by atoms with E-state index in [9.17, 15) is 9.59 Å². The van der Waals surface area contributed by atoms with Crippen molar-refractivity contribution in [1.29, 1.82) is 0 Å². The van der Waals surface area contributed by atoms with Crippen molar-refractivity contribution in [2.75, 3.05) is 14.2 Å². The Morgan fingerprint density at radius 1 is 1.23 bits per heavy atom. The maximum absolute atomic E-state index is 12.8. The fourth-order valence-corrected chi connectivity index (χ4v) is 3.49. The van der Waals surface area contributed by atoms with Crippen LogP contribution in [0.2, 0.25) is 5.02 Å². The average Bonchev–Trinajstić information content (AvgIpc) is 2.61. The Kier molecular flexibility index (Phi) is 7.29. The third kappa shape index (κ3) is 5.11. The van der Waals surface area contributed by atoms with Gasteiger partial charge in [-0.3, -0.25) is 9.59 Å². The van der Waals surface area contributed by atoms with E-state index < -0.39 is 0 Å². The molecule has 2 rings (SSSR count). The number of halogens is 1. The average molecular weight is 383 g/mol. The predicted octanol–water partition coefficient (Wildman–Crippen LogP) is 2.79. The van der Waals surface area contributed by atoms with Crippen LogP contribution >= 0.6 is 11.6 Å². The van der Waals surface area contributed by atoms with E-state index in [0.29, 0.717) is 29.2 Å². The lowest BCUT2D eigenvalue weighted by Crippen LogP contribution is -2.50. The van der Waals surface area contributed by atoms with E-state index >= 15 is 0 Å². The summed E-state index contributed by atoms with van der Waals surface area (Å²) in [7, 11) is 3.13. The molecule has 1 aromatic rings. The lowest BCUT2D eigenvalue weighted by Gasteiger charge is -2.35. The van der Waals surface area contributed by atoms with E-state index in [4.69, 9.17) is 21.1 Å². The Morgan fingerprint density at radius 2 is 1.96 bits per heavy atom. The fourth-order valence-electron chi connectivity index (χ4n) is 3.32. The summed E-state index contributed by atoms with van der Waals surface area (Å²) < 4.78 is 10.8. The zero-order valence-corrected chi connectivity index (χ0v) is 16.4. The molecule has 1 saturated carbocycles. The van der Waals surface area contributed by atoms with E-state index in [-0.39, 0.29) is 35.9 Å². The highest BCUT2D eigenvalue weighted by Crippen LogP contribution is 2.28. The van der Waals surface area contributed by atoms with Crippen LogP contribution in [-0.4, -0.2) is 44.2 Å². The summed E-state index contributed by atoms with van der Waals surface area (Å²) in [6.07, 6.45) is 1.85. The van der Waals surface area contributed by atoms with E-state index in [2.05, 4.69) is 10.6 Å². The van der Waals surface area contributed by atoms with Crippen LogP contribution in [0.25, 0.3) is 0 Å². The molecule has 0 bridgehead atoms. The van der Waals surface area contributed by atoms with Crippen LogP contribution in [0.4, 0.5) is 0 Å². The number of nitrogens with one attached hydrogen (secondary N) is 2. The molecule has 2 N–H and O–H groups in total. The van der Waals surface area contributed by atoms with Crippen molar-refractivity contribution in [2.45, 2.75) is 51.3 Å². The predicted molar refractivity (Wildman–Crippen MR) is 101 cm³/mol. The number of benzene rings is 1. The second-order valence-corrected chi connectivity index (χ2v) is 7.31. The van der Waals surface area contributed by atoms with E-state index in [1.165, 1.54) is 7.11 Å². The highest BCUT2D eigenvalue weighted by molar-refractivity contribution is 6.31. The molecule has 0 unspecified atom stereocenters. The highest BCUT2D eigenvalue weighted by atomic mass is 35.5. The van der Waals surface area contributed by atoms with Gasteiger partial charge in [0.1, 0.15) is 5.75 Å². The summed E-state index contributed by atoms with van der Waals surface area (Å²) in [6.45, 7) is 3.87. The quantitative estimate of drug-likeness (QED) is 0.793. The van der Waals surface area contributed by atoms with Gasteiger partial charge in [0.15, 0.2) is 0 Å². The Hall–Kier alpha value is -1.79. The number of methoxy groups -OCH3 is 2. The van der Waals surface area contributed by atoms with E-state index in [1.807, 2.05) is 13.8 Å². The molecule has 1 aliphatic rings. The van der Waals surface area contributed by atoms with Gasteiger partial charge in [-0.15, -0.1) is 0 Å². The van der Waals surface area contributed by atoms with Crippen LogP contribution in [0, 0.1) is 5.92 Å². The molecular weight excluding hydrogens is 356 g/mol. The van der Waals surface area contributed by atoms with Gasteiger partial charge in [0.05, 0.1) is 24.8 Å². The second kappa shape index (κ2) is 9.24. The molecule has 7 heteroatoms. The first kappa shape index (κ1) is 20.5. The van der Waals surface area contributed by atoms with Crippen molar-refractivity contribution in [2.24, 2.45) is 5.92 Å². The molecular formula is C19H27ClN2O4. The normalized spacial score (nSPS) is 22.8. The smallest absolute Gasteiger partial charge is 0.255 e. The first-order valence-electron chi connectivity index (χ1n) is 8.83. The maximum atomic E-state index is 12.8. The minimum atomic E-state index is -0.290. The number of hydrogen-bond acceptors (Lipinski definition) is 4. The molecule has 1 aliphatic carbocycles. The van der Waals surface area contributed by atoms with Gasteiger partial charge < -0.3 is 20.1 Å². The minimum Gasteiger partial charge on any atom is -0.496 e. The van der Waals surface area contributed by atoms with Crippen molar-refractivity contribution in [1.82, 2.24) is 10.6 Å². The SMILES string of the molecule is COc1ccc(Cl)cc1C(=O)N[C@@H]1C[C@@H](C(=O)NC(C)C)CC[C@H]1OC. The Bertz CT molecular complexity index is 650. The van der Waals surface area contributed by atoms with Crippen LogP contribution in [0.1, 0.15) is 43.5 Å². The van der Waals surface area contributed by atoms with Gasteiger partial charge in [-0.1, -0.05) is 11.6 Å². The summed E-state index contributed by atoms with van der Waals surface area (Å²) in [6, 6.07) is 4.73. The lowest BCUT2D eigenvalue weighted by molar-refractivity contribution is -0.127. The Labute approximate surface area is 159 Å². The van der Waals surface area contributed by atoms with Crippen LogP contribution in [0.15, 0.2) is 18.2 Å². The summed E-state index contributed by atoms with van der Waals surface area (Å²) >= 11 is 6.02. The molecule has 2 amide bonds. The van der Waals surface area contributed by atoms with E-state index in [1.54, 1.807) is 25.3 Å². The number of carbonyl (C=O) groups is 2. The number of amides is 2. The van der Waals surface area contributed by atoms with E-state index in [0.717, 1.165) is 6.42 Å². The molecule has 26 heavy (non-hydrogen) atoms. The molecule has 1 fully saturated rings. The van der Waals surface area contributed by atoms with Crippen LogP contribution in [-0.2, 0) is 9.53 Å². The first-order chi connectivity index (χ1) is 12.3. The van der Waals surface area contributed by atoms with Gasteiger partial charge in [-0.25, -0.2) is 0 Å². The number of rotatable bonds is 6. The van der Waals surface area contributed by atoms with Gasteiger partial charge in [0.2, 0.25) is 5.91 Å². The van der Waals surface area contributed by atoms with Crippen molar-refractivity contribution < 1.29 is 19.1 Å². The van der Waals surface area contributed by atoms with Crippen molar-refractivity contribution >= 4 is 23.4 Å². The number of hydrogen-bond donors (Lipinski definition) is 2. The molecule has 0 saturated heterocycles. The minimum absolute atomic E-state index is 0.0224. The van der Waals surface area contributed by atoms with Crippen molar-refractivity contribution in [3.8, 4) is 5.75 Å².